The highest BCUT2D eigenvalue weighted by Crippen LogP contribution is 2.32. The van der Waals surface area contributed by atoms with Crippen molar-refractivity contribution >= 4 is 35.4 Å². The maximum absolute atomic E-state index is 12.7. The first-order chi connectivity index (χ1) is 16.8. The zero-order chi connectivity index (χ0) is 27.1. The molecule has 2 aromatic rings. The lowest BCUT2D eigenvalue weighted by Gasteiger charge is -2.26. The van der Waals surface area contributed by atoms with Gasteiger partial charge in [0.25, 0.3) is 0 Å². The van der Waals surface area contributed by atoms with Crippen LogP contribution in [0.4, 0.5) is 5.69 Å². The number of oxime groups is 1. The van der Waals surface area contributed by atoms with Gasteiger partial charge in [0.05, 0.1) is 27.5 Å². The van der Waals surface area contributed by atoms with E-state index >= 15 is 0 Å². The number of hydrogen-bond donors (Lipinski definition) is 1. The van der Waals surface area contributed by atoms with E-state index in [1.807, 2.05) is 0 Å². The van der Waals surface area contributed by atoms with Gasteiger partial charge in [-0.1, -0.05) is 22.8 Å². The molecule has 196 valence electrons. The second-order valence-corrected chi connectivity index (χ2v) is 9.76. The Balaban J connectivity index is 2.32. The van der Waals surface area contributed by atoms with Crippen LogP contribution in [-0.4, -0.2) is 50.7 Å². The van der Waals surface area contributed by atoms with Crippen LogP contribution in [0.2, 0.25) is 5.02 Å². The van der Waals surface area contributed by atoms with E-state index in [0.717, 1.165) is 0 Å². The van der Waals surface area contributed by atoms with Crippen LogP contribution in [0.1, 0.15) is 51.8 Å². The molecule has 36 heavy (non-hydrogen) atoms. The molecule has 0 aromatic heterocycles. The van der Waals surface area contributed by atoms with E-state index in [9.17, 15) is 9.59 Å². The van der Waals surface area contributed by atoms with Crippen LogP contribution in [0.3, 0.4) is 0 Å². The maximum atomic E-state index is 12.7. The lowest BCUT2D eigenvalue weighted by molar-refractivity contribution is -0.179. The quantitative estimate of drug-likeness (QED) is 0.260. The Morgan fingerprint density at radius 2 is 1.69 bits per heavy atom. The number of nitrogens with one attached hydrogen (secondary N) is 1. The number of ether oxygens (including phenoxy) is 4. The molecule has 0 aliphatic heterocycles. The Hall–Kier alpha value is -3.46. The lowest BCUT2D eigenvalue weighted by Crippen LogP contribution is -2.39. The van der Waals surface area contributed by atoms with Gasteiger partial charge >= 0.3 is 11.9 Å². The van der Waals surface area contributed by atoms with Crippen molar-refractivity contribution in [1.29, 1.82) is 0 Å². The van der Waals surface area contributed by atoms with E-state index in [1.54, 1.807) is 71.0 Å². The summed E-state index contributed by atoms with van der Waals surface area (Å²) in [6.07, 6.45) is 1.43. The minimum absolute atomic E-state index is 0.424. The standard InChI is InChI=1S/C26H33ClN2O7/c1-25(2,3)35-24(31)26(4,5)36-28-15-16-11-18(14-19(12-16)32-6)29-22(23(30)34-8)20-10-9-17(27)13-21(20)33-7/h9-15,22,29H,1-8H3. The number of benzene rings is 2. The average Bonchev–Trinajstić information content (AvgIpc) is 2.80. The first-order valence-electron chi connectivity index (χ1n) is 11.1. The van der Waals surface area contributed by atoms with Crippen molar-refractivity contribution in [3.63, 3.8) is 0 Å². The summed E-state index contributed by atoms with van der Waals surface area (Å²) >= 11 is 6.08. The minimum atomic E-state index is -1.30. The predicted molar refractivity (Wildman–Crippen MR) is 138 cm³/mol. The molecule has 0 aliphatic carbocycles. The van der Waals surface area contributed by atoms with Crippen molar-refractivity contribution in [1.82, 2.24) is 0 Å². The van der Waals surface area contributed by atoms with Gasteiger partial charge in [0.2, 0.25) is 5.60 Å². The number of carbonyl (C=O) groups is 2. The molecule has 1 atom stereocenters. The second-order valence-electron chi connectivity index (χ2n) is 9.32. The molecule has 0 fully saturated rings. The number of methoxy groups -OCH3 is 3. The third-order valence-electron chi connectivity index (χ3n) is 4.79. The smallest absolute Gasteiger partial charge is 0.353 e. The van der Waals surface area contributed by atoms with Gasteiger partial charge in [-0.05, 0) is 58.9 Å². The van der Waals surface area contributed by atoms with Crippen molar-refractivity contribution < 1.29 is 33.4 Å². The highest BCUT2D eigenvalue weighted by atomic mass is 35.5. The van der Waals surface area contributed by atoms with Gasteiger partial charge < -0.3 is 29.1 Å². The summed E-state index contributed by atoms with van der Waals surface area (Å²) in [6.45, 7) is 8.46. The molecule has 0 radical (unpaired) electrons. The number of rotatable bonds is 10. The molecule has 2 rings (SSSR count). The molecule has 1 unspecified atom stereocenters. The van der Waals surface area contributed by atoms with E-state index in [1.165, 1.54) is 27.5 Å². The van der Waals surface area contributed by atoms with E-state index in [0.29, 0.717) is 33.3 Å². The van der Waals surface area contributed by atoms with Gasteiger partial charge in [0, 0.05) is 27.9 Å². The topological polar surface area (TPSA) is 105 Å². The van der Waals surface area contributed by atoms with Crippen LogP contribution in [0.15, 0.2) is 41.6 Å². The first kappa shape index (κ1) is 28.8. The summed E-state index contributed by atoms with van der Waals surface area (Å²) in [5.41, 5.74) is -0.296. The van der Waals surface area contributed by atoms with E-state index < -0.39 is 29.2 Å². The van der Waals surface area contributed by atoms with E-state index in [-0.39, 0.29) is 0 Å². The largest absolute Gasteiger partial charge is 0.497 e. The Kier molecular flexibility index (Phi) is 9.58. The fourth-order valence-electron chi connectivity index (χ4n) is 3.03. The van der Waals surface area contributed by atoms with Gasteiger partial charge in [-0.2, -0.15) is 0 Å². The third kappa shape index (κ3) is 8.05. The molecule has 9 nitrogen and oxygen atoms in total. The van der Waals surface area contributed by atoms with Gasteiger partial charge in [-0.3, -0.25) is 0 Å². The van der Waals surface area contributed by atoms with E-state index in [2.05, 4.69) is 10.5 Å². The van der Waals surface area contributed by atoms with Crippen LogP contribution in [0, 0.1) is 0 Å². The summed E-state index contributed by atoms with van der Waals surface area (Å²) in [4.78, 5) is 30.5. The molecule has 0 bridgehead atoms. The molecular formula is C26H33ClN2O7. The molecule has 10 heteroatoms. The zero-order valence-electron chi connectivity index (χ0n) is 21.8. The zero-order valence-corrected chi connectivity index (χ0v) is 22.6. The Labute approximate surface area is 216 Å². The van der Waals surface area contributed by atoms with Gasteiger partial charge in [-0.15, -0.1) is 0 Å². The normalized spacial score (nSPS) is 12.6. The molecule has 0 aliphatic rings. The summed E-state index contributed by atoms with van der Waals surface area (Å²) < 4.78 is 21.2. The monoisotopic (exact) mass is 520 g/mol. The highest BCUT2D eigenvalue weighted by molar-refractivity contribution is 6.30. The number of hydrogen-bond acceptors (Lipinski definition) is 9. The van der Waals surface area contributed by atoms with Crippen LogP contribution in [-0.2, 0) is 23.9 Å². The van der Waals surface area contributed by atoms with Crippen molar-refractivity contribution in [2.75, 3.05) is 26.6 Å². The van der Waals surface area contributed by atoms with Crippen LogP contribution in [0.5, 0.6) is 11.5 Å². The summed E-state index contributed by atoms with van der Waals surface area (Å²) in [7, 11) is 4.30. The lowest BCUT2D eigenvalue weighted by atomic mass is 10.0. The van der Waals surface area contributed by atoms with Crippen LogP contribution in [0.25, 0.3) is 0 Å². The first-order valence-corrected chi connectivity index (χ1v) is 11.5. The van der Waals surface area contributed by atoms with Gasteiger partial charge in [0.15, 0.2) is 6.04 Å². The number of esters is 2. The highest BCUT2D eigenvalue weighted by Gasteiger charge is 2.35. The van der Waals surface area contributed by atoms with Crippen molar-refractivity contribution in [3.05, 3.63) is 52.5 Å². The van der Waals surface area contributed by atoms with Crippen molar-refractivity contribution in [2.24, 2.45) is 5.16 Å². The number of carbonyl (C=O) groups excluding carboxylic acids is 2. The molecule has 0 heterocycles. The van der Waals surface area contributed by atoms with E-state index in [4.69, 9.17) is 35.4 Å². The summed E-state index contributed by atoms with van der Waals surface area (Å²) in [5.74, 6) is -0.151. The summed E-state index contributed by atoms with van der Waals surface area (Å²) in [6, 6.07) is 9.21. The Bertz CT molecular complexity index is 1110. The number of halogens is 1. The molecule has 1 N–H and O–H groups in total. The van der Waals surface area contributed by atoms with Gasteiger partial charge in [0.1, 0.15) is 17.1 Å². The van der Waals surface area contributed by atoms with Gasteiger partial charge in [-0.25, -0.2) is 9.59 Å². The predicted octanol–water partition coefficient (Wildman–Crippen LogP) is 5.15. The molecular weight excluding hydrogens is 488 g/mol. The molecule has 0 saturated heterocycles. The SMILES string of the molecule is COC(=O)C(Nc1cc(C=NOC(C)(C)C(=O)OC(C)(C)C)cc(OC)c1)c1ccc(Cl)cc1OC. The average molecular weight is 521 g/mol. The molecule has 0 amide bonds. The second kappa shape index (κ2) is 12.0. The van der Waals surface area contributed by atoms with Crippen molar-refractivity contribution in [3.8, 4) is 11.5 Å². The molecule has 0 saturated carbocycles. The fraction of sp³-hybridized carbons (Fsp3) is 0.423. The number of anilines is 1. The minimum Gasteiger partial charge on any atom is -0.497 e. The summed E-state index contributed by atoms with van der Waals surface area (Å²) in [5, 5.41) is 7.59. The Morgan fingerprint density at radius 3 is 2.28 bits per heavy atom. The van der Waals surface area contributed by atoms with Crippen molar-refractivity contribution in [2.45, 2.75) is 51.9 Å². The number of nitrogens with zero attached hydrogens (tertiary/aromatic N) is 1. The fourth-order valence-corrected chi connectivity index (χ4v) is 3.19. The Morgan fingerprint density at radius 1 is 1.00 bits per heavy atom. The molecule has 0 spiro atoms. The maximum Gasteiger partial charge on any atom is 0.353 e. The molecule has 2 aromatic carbocycles. The third-order valence-corrected chi connectivity index (χ3v) is 5.03. The van der Waals surface area contributed by atoms with Crippen LogP contribution < -0.4 is 14.8 Å². The van der Waals surface area contributed by atoms with Crippen LogP contribution >= 0.6 is 11.6 Å².